The number of hydrogen-bond acceptors (Lipinski definition) is 4. The monoisotopic (exact) mass is 359 g/mol. The number of nitrogens with one attached hydrogen (secondary N) is 1. The number of fused-ring (bicyclic) bond motifs is 1. The quantitative estimate of drug-likeness (QED) is 0.555. The molecule has 3 aromatic carbocycles. The maximum Gasteiger partial charge on any atom is 0.276 e. The third-order valence-corrected chi connectivity index (χ3v) is 4.65. The van der Waals surface area contributed by atoms with E-state index in [0.717, 1.165) is 5.56 Å². The molecule has 0 bridgehead atoms. The van der Waals surface area contributed by atoms with Gasteiger partial charge in [0.1, 0.15) is 6.17 Å². The van der Waals surface area contributed by atoms with E-state index in [2.05, 4.69) is 5.32 Å². The first-order chi connectivity index (χ1) is 13.1. The number of amides is 1. The molecule has 1 aliphatic rings. The van der Waals surface area contributed by atoms with Crippen LogP contribution in [0.4, 0.5) is 11.4 Å². The summed E-state index contributed by atoms with van der Waals surface area (Å²) in [6.45, 7) is 0.345. The van der Waals surface area contributed by atoms with Crippen LogP contribution in [0.2, 0.25) is 0 Å². The van der Waals surface area contributed by atoms with Gasteiger partial charge in [-0.1, -0.05) is 54.6 Å². The Kier molecular flexibility index (Phi) is 4.30. The summed E-state index contributed by atoms with van der Waals surface area (Å²) < 4.78 is 0. The van der Waals surface area contributed by atoms with Crippen LogP contribution in [0.3, 0.4) is 0 Å². The molecule has 134 valence electrons. The fourth-order valence-corrected chi connectivity index (χ4v) is 3.37. The molecule has 6 heteroatoms. The summed E-state index contributed by atoms with van der Waals surface area (Å²) in [5.41, 5.74) is 2.63. The van der Waals surface area contributed by atoms with Gasteiger partial charge in [0.2, 0.25) is 0 Å². The summed E-state index contributed by atoms with van der Waals surface area (Å²) in [5, 5.41) is 14.8. The van der Waals surface area contributed by atoms with Crippen LogP contribution in [0.15, 0.2) is 78.9 Å². The number of rotatable bonds is 4. The van der Waals surface area contributed by atoms with E-state index in [1.54, 1.807) is 29.2 Å². The van der Waals surface area contributed by atoms with Crippen molar-refractivity contribution in [3.8, 4) is 0 Å². The molecular formula is C21H17N3O3. The van der Waals surface area contributed by atoms with Crippen LogP contribution in [-0.2, 0) is 6.54 Å². The van der Waals surface area contributed by atoms with Gasteiger partial charge in [0.25, 0.3) is 11.6 Å². The van der Waals surface area contributed by atoms with Gasteiger partial charge in [0, 0.05) is 18.3 Å². The molecule has 6 nitrogen and oxygen atoms in total. The molecule has 1 N–H and O–H groups in total. The van der Waals surface area contributed by atoms with Crippen molar-refractivity contribution in [2.45, 2.75) is 12.7 Å². The molecule has 0 saturated carbocycles. The molecule has 0 aromatic heterocycles. The molecule has 4 rings (SSSR count). The van der Waals surface area contributed by atoms with Crippen molar-refractivity contribution in [3.63, 3.8) is 0 Å². The van der Waals surface area contributed by atoms with Gasteiger partial charge in [-0.15, -0.1) is 0 Å². The lowest BCUT2D eigenvalue weighted by molar-refractivity contribution is -0.385. The van der Waals surface area contributed by atoms with E-state index in [0.29, 0.717) is 23.4 Å². The van der Waals surface area contributed by atoms with Crippen LogP contribution < -0.4 is 5.32 Å². The van der Waals surface area contributed by atoms with E-state index in [1.165, 1.54) is 6.07 Å². The molecule has 0 fully saturated rings. The van der Waals surface area contributed by atoms with Crippen molar-refractivity contribution < 1.29 is 9.72 Å². The van der Waals surface area contributed by atoms with Crippen molar-refractivity contribution in [2.75, 3.05) is 5.32 Å². The molecular weight excluding hydrogens is 342 g/mol. The Hall–Kier alpha value is -3.67. The summed E-state index contributed by atoms with van der Waals surface area (Å²) in [4.78, 5) is 26.0. The molecule has 1 amide bonds. The van der Waals surface area contributed by atoms with Gasteiger partial charge in [-0.2, -0.15) is 0 Å². The third-order valence-electron chi connectivity index (χ3n) is 4.65. The normalized spacial score (nSPS) is 15.8. The van der Waals surface area contributed by atoms with Crippen LogP contribution in [0.25, 0.3) is 0 Å². The highest BCUT2D eigenvalue weighted by molar-refractivity contribution is 6.01. The lowest BCUT2D eigenvalue weighted by atomic mass is 10.0. The Morgan fingerprint density at radius 2 is 1.59 bits per heavy atom. The number of anilines is 1. The minimum absolute atomic E-state index is 0.0137. The van der Waals surface area contributed by atoms with Crippen LogP contribution in [0.1, 0.15) is 27.7 Å². The fourth-order valence-electron chi connectivity index (χ4n) is 3.37. The highest BCUT2D eigenvalue weighted by Crippen LogP contribution is 2.37. The zero-order valence-corrected chi connectivity index (χ0v) is 14.4. The number of para-hydroxylation sites is 2. The highest BCUT2D eigenvalue weighted by atomic mass is 16.6. The first kappa shape index (κ1) is 16.8. The minimum atomic E-state index is -0.630. The Balaban J connectivity index is 1.82. The van der Waals surface area contributed by atoms with Gasteiger partial charge >= 0.3 is 0 Å². The zero-order chi connectivity index (χ0) is 18.8. The number of nitro benzene ring substituents is 1. The second-order valence-electron chi connectivity index (χ2n) is 6.33. The summed E-state index contributed by atoms with van der Waals surface area (Å²) in [7, 11) is 0. The number of carbonyl (C=O) groups is 1. The predicted octanol–water partition coefficient (Wildman–Crippen LogP) is 4.36. The summed E-state index contributed by atoms with van der Waals surface area (Å²) in [5.74, 6) is -0.156. The topological polar surface area (TPSA) is 75.5 Å². The number of nitrogens with zero attached hydrogens (tertiary/aromatic N) is 2. The second kappa shape index (κ2) is 6.92. The summed E-state index contributed by atoms with van der Waals surface area (Å²) in [6.07, 6.45) is -0.630. The highest BCUT2D eigenvalue weighted by Gasteiger charge is 2.35. The molecule has 1 heterocycles. The molecule has 0 unspecified atom stereocenters. The van der Waals surface area contributed by atoms with Crippen LogP contribution in [0.5, 0.6) is 0 Å². The first-order valence-electron chi connectivity index (χ1n) is 8.59. The van der Waals surface area contributed by atoms with E-state index in [-0.39, 0.29) is 11.6 Å². The smallest absolute Gasteiger partial charge is 0.276 e. The lowest BCUT2D eigenvalue weighted by Gasteiger charge is -2.38. The van der Waals surface area contributed by atoms with Crippen molar-refractivity contribution in [1.82, 2.24) is 4.90 Å². The first-order valence-corrected chi connectivity index (χ1v) is 8.59. The zero-order valence-electron chi connectivity index (χ0n) is 14.4. The third kappa shape index (κ3) is 3.13. The van der Waals surface area contributed by atoms with Crippen molar-refractivity contribution >= 4 is 17.3 Å². The van der Waals surface area contributed by atoms with Crippen molar-refractivity contribution in [3.05, 3.63) is 106 Å². The Morgan fingerprint density at radius 1 is 0.926 bits per heavy atom. The van der Waals surface area contributed by atoms with Crippen molar-refractivity contribution in [2.24, 2.45) is 0 Å². The Bertz CT molecular complexity index is 1000. The molecule has 3 aromatic rings. The fraction of sp³-hybridized carbons (Fsp3) is 0.0952. The van der Waals surface area contributed by atoms with E-state index < -0.39 is 11.1 Å². The van der Waals surface area contributed by atoms with Gasteiger partial charge in [-0.3, -0.25) is 14.9 Å². The van der Waals surface area contributed by atoms with E-state index in [4.69, 9.17) is 0 Å². The summed E-state index contributed by atoms with van der Waals surface area (Å²) in [6, 6.07) is 23.3. The predicted molar refractivity (Wildman–Crippen MR) is 102 cm³/mol. The molecule has 1 aliphatic heterocycles. The second-order valence-corrected chi connectivity index (χ2v) is 6.33. The van der Waals surface area contributed by atoms with Crippen molar-refractivity contribution in [1.29, 1.82) is 0 Å². The van der Waals surface area contributed by atoms with E-state index >= 15 is 0 Å². The number of benzene rings is 3. The molecule has 1 atom stereocenters. The van der Waals surface area contributed by atoms with Crippen LogP contribution >= 0.6 is 0 Å². The maximum atomic E-state index is 13.2. The number of hydrogen-bond donors (Lipinski definition) is 1. The van der Waals surface area contributed by atoms with Crippen LogP contribution in [0, 0.1) is 10.1 Å². The Labute approximate surface area is 156 Å². The SMILES string of the molecule is O=C1c2ccccc2N[C@@H](c2ccccc2[N+](=O)[O-])N1Cc1ccccc1. The molecule has 0 radical (unpaired) electrons. The van der Waals surface area contributed by atoms with Gasteiger partial charge in [-0.05, 0) is 23.8 Å². The summed E-state index contributed by atoms with van der Waals surface area (Å²) >= 11 is 0. The Morgan fingerprint density at radius 3 is 2.37 bits per heavy atom. The molecule has 27 heavy (non-hydrogen) atoms. The van der Waals surface area contributed by atoms with E-state index in [9.17, 15) is 14.9 Å². The van der Waals surface area contributed by atoms with Gasteiger partial charge in [0.15, 0.2) is 0 Å². The standard InChI is InChI=1S/C21H17N3O3/c25-21-16-10-4-6-12-18(16)22-20(17-11-5-7-13-19(17)24(26)27)23(21)14-15-8-2-1-3-9-15/h1-13,20,22H,14H2/t20-/m1/s1. The van der Waals surface area contributed by atoms with E-state index in [1.807, 2.05) is 48.5 Å². The van der Waals surface area contributed by atoms with Gasteiger partial charge in [0.05, 0.1) is 16.1 Å². The maximum absolute atomic E-state index is 13.2. The number of carbonyl (C=O) groups excluding carboxylic acids is 1. The van der Waals surface area contributed by atoms with Gasteiger partial charge in [-0.25, -0.2) is 0 Å². The van der Waals surface area contributed by atoms with Gasteiger partial charge < -0.3 is 10.2 Å². The van der Waals surface area contributed by atoms with Crippen LogP contribution in [-0.4, -0.2) is 15.7 Å². The minimum Gasteiger partial charge on any atom is -0.361 e. The average molecular weight is 359 g/mol. The lowest BCUT2D eigenvalue weighted by Crippen LogP contribution is -2.42. The molecule has 0 aliphatic carbocycles. The largest absolute Gasteiger partial charge is 0.361 e. The molecule has 0 saturated heterocycles. The number of nitro groups is 1. The molecule has 0 spiro atoms. The average Bonchev–Trinajstić information content (AvgIpc) is 2.71.